The van der Waals surface area contributed by atoms with Gasteiger partial charge in [-0.2, -0.15) is 10.2 Å². The van der Waals surface area contributed by atoms with E-state index < -0.39 is 0 Å². The van der Waals surface area contributed by atoms with Crippen molar-refractivity contribution in [3.05, 3.63) is 59.9 Å². The molecule has 2 amide bonds. The van der Waals surface area contributed by atoms with Gasteiger partial charge in [-0.25, -0.2) is 4.98 Å². The van der Waals surface area contributed by atoms with Crippen molar-refractivity contribution in [3.63, 3.8) is 0 Å². The maximum Gasteiger partial charge on any atom is 0.259 e. The van der Waals surface area contributed by atoms with E-state index in [0.717, 1.165) is 48.9 Å². The van der Waals surface area contributed by atoms with Gasteiger partial charge in [-0.15, -0.1) is 0 Å². The minimum atomic E-state index is -0.298. The summed E-state index contributed by atoms with van der Waals surface area (Å²) in [5.74, 6) is 0.180. The summed E-state index contributed by atoms with van der Waals surface area (Å²) in [4.78, 5) is 35.3. The molecular formula is C27H35N7O2. The van der Waals surface area contributed by atoms with Gasteiger partial charge in [0.1, 0.15) is 0 Å². The molecule has 0 spiro atoms. The number of amides is 2. The lowest BCUT2D eigenvalue weighted by molar-refractivity contribution is -0.127. The van der Waals surface area contributed by atoms with Gasteiger partial charge in [0, 0.05) is 25.2 Å². The van der Waals surface area contributed by atoms with Gasteiger partial charge in [-0.05, 0) is 57.0 Å². The van der Waals surface area contributed by atoms with Crippen molar-refractivity contribution in [1.29, 1.82) is 0 Å². The normalized spacial score (nSPS) is 16.2. The lowest BCUT2D eigenvalue weighted by Gasteiger charge is -2.29. The first-order chi connectivity index (χ1) is 17.4. The summed E-state index contributed by atoms with van der Waals surface area (Å²) in [5, 5.41) is 10.6. The average molecular weight is 490 g/mol. The third kappa shape index (κ3) is 5.46. The Morgan fingerprint density at radius 2 is 1.97 bits per heavy atom. The summed E-state index contributed by atoms with van der Waals surface area (Å²) in [7, 11) is 0. The standard InChI is InChI=1S/C27H35N7O2/c1-5-32(6-2)17-20(4)26(36)33-15-8-7-11-22(18-33)34-24-19(3)10-9-12-23(24)30-27(34)31-25(35)21-13-14-28-29-16-21/h9-10,12-14,16,22H,4-8,11,15,17-18H2,1-3H3,(H,30,31,35). The van der Waals surface area contributed by atoms with Crippen LogP contribution in [0.25, 0.3) is 11.0 Å². The number of likely N-dealkylation sites (N-methyl/N-ethyl adjacent to an activating group) is 1. The topological polar surface area (TPSA) is 96.2 Å². The number of nitrogens with one attached hydrogen (secondary N) is 1. The van der Waals surface area contributed by atoms with Gasteiger partial charge in [0.25, 0.3) is 11.8 Å². The first-order valence-electron chi connectivity index (χ1n) is 12.7. The number of anilines is 1. The number of aromatic nitrogens is 4. The van der Waals surface area contributed by atoms with Crippen LogP contribution in [-0.4, -0.2) is 74.1 Å². The van der Waals surface area contributed by atoms with Gasteiger partial charge in [0.05, 0.1) is 35.0 Å². The number of carbonyl (C=O) groups excluding carboxylic acids is 2. The van der Waals surface area contributed by atoms with Crippen molar-refractivity contribution >= 4 is 28.8 Å². The molecular weight excluding hydrogens is 454 g/mol. The van der Waals surface area contributed by atoms with Gasteiger partial charge >= 0.3 is 0 Å². The van der Waals surface area contributed by atoms with Crippen LogP contribution in [0.2, 0.25) is 0 Å². The van der Waals surface area contributed by atoms with Crippen LogP contribution in [0.1, 0.15) is 55.1 Å². The molecule has 0 aliphatic carbocycles. The highest BCUT2D eigenvalue weighted by molar-refractivity contribution is 6.04. The Balaban J connectivity index is 1.66. The smallest absolute Gasteiger partial charge is 0.259 e. The molecule has 2 aromatic heterocycles. The van der Waals surface area contributed by atoms with Gasteiger partial charge in [0.15, 0.2) is 0 Å². The molecule has 1 N–H and O–H groups in total. The van der Waals surface area contributed by atoms with Gasteiger partial charge < -0.3 is 9.47 Å². The van der Waals surface area contributed by atoms with Crippen molar-refractivity contribution in [3.8, 4) is 0 Å². The average Bonchev–Trinajstić information content (AvgIpc) is 3.09. The Morgan fingerprint density at radius 1 is 1.17 bits per heavy atom. The van der Waals surface area contributed by atoms with E-state index in [1.807, 2.05) is 30.0 Å². The third-order valence-corrected chi connectivity index (χ3v) is 6.89. The fraction of sp³-hybridized carbons (Fsp3) is 0.444. The van der Waals surface area contributed by atoms with E-state index in [1.54, 1.807) is 6.07 Å². The molecule has 0 saturated carbocycles. The minimum Gasteiger partial charge on any atom is -0.337 e. The number of hydrogen-bond donors (Lipinski definition) is 1. The van der Waals surface area contributed by atoms with E-state index >= 15 is 0 Å². The van der Waals surface area contributed by atoms with Crippen molar-refractivity contribution in [1.82, 2.24) is 29.5 Å². The predicted molar refractivity (Wildman–Crippen MR) is 141 cm³/mol. The maximum absolute atomic E-state index is 13.4. The Labute approximate surface area is 212 Å². The zero-order valence-electron chi connectivity index (χ0n) is 21.4. The second-order valence-electron chi connectivity index (χ2n) is 9.30. The molecule has 1 unspecified atom stereocenters. The highest BCUT2D eigenvalue weighted by Gasteiger charge is 2.28. The number of carbonyl (C=O) groups is 2. The minimum absolute atomic E-state index is 0.00314. The summed E-state index contributed by atoms with van der Waals surface area (Å²) in [6.45, 7) is 13.9. The van der Waals surface area contributed by atoms with E-state index in [2.05, 4.69) is 45.4 Å². The Bertz CT molecular complexity index is 1230. The summed E-state index contributed by atoms with van der Waals surface area (Å²) in [5.41, 5.74) is 3.88. The first-order valence-corrected chi connectivity index (χ1v) is 12.7. The molecule has 1 aliphatic rings. The van der Waals surface area contributed by atoms with Gasteiger partial charge in [-0.1, -0.05) is 32.6 Å². The van der Waals surface area contributed by atoms with E-state index in [9.17, 15) is 9.59 Å². The molecule has 1 saturated heterocycles. The number of rotatable bonds is 8. The van der Waals surface area contributed by atoms with Crippen LogP contribution < -0.4 is 5.32 Å². The number of hydrogen-bond acceptors (Lipinski definition) is 6. The van der Waals surface area contributed by atoms with Crippen molar-refractivity contribution in [2.75, 3.05) is 38.0 Å². The van der Waals surface area contributed by atoms with Crippen LogP contribution in [0.5, 0.6) is 0 Å². The summed E-state index contributed by atoms with van der Waals surface area (Å²) >= 11 is 0. The number of imidazole rings is 1. The maximum atomic E-state index is 13.4. The van der Waals surface area contributed by atoms with Crippen LogP contribution in [0.15, 0.2) is 48.8 Å². The van der Waals surface area contributed by atoms with Crippen LogP contribution >= 0.6 is 0 Å². The molecule has 9 heteroatoms. The largest absolute Gasteiger partial charge is 0.337 e. The fourth-order valence-corrected chi connectivity index (χ4v) is 4.89. The van der Waals surface area contributed by atoms with E-state index in [0.29, 0.717) is 36.7 Å². The molecule has 1 aromatic carbocycles. The van der Waals surface area contributed by atoms with Crippen LogP contribution in [-0.2, 0) is 4.79 Å². The second-order valence-corrected chi connectivity index (χ2v) is 9.30. The molecule has 1 atom stereocenters. The van der Waals surface area contributed by atoms with Crippen molar-refractivity contribution < 1.29 is 9.59 Å². The zero-order chi connectivity index (χ0) is 25.7. The van der Waals surface area contributed by atoms with Crippen LogP contribution in [0.4, 0.5) is 5.95 Å². The summed E-state index contributed by atoms with van der Waals surface area (Å²) in [6, 6.07) is 7.55. The molecule has 36 heavy (non-hydrogen) atoms. The second kappa shape index (κ2) is 11.4. The van der Waals surface area contributed by atoms with Crippen molar-refractivity contribution in [2.45, 2.75) is 46.1 Å². The molecule has 4 rings (SSSR count). The number of nitrogens with zero attached hydrogens (tertiary/aromatic N) is 6. The highest BCUT2D eigenvalue weighted by Crippen LogP contribution is 2.32. The molecule has 3 heterocycles. The summed E-state index contributed by atoms with van der Waals surface area (Å²) < 4.78 is 2.11. The molecule has 3 aromatic rings. The van der Waals surface area contributed by atoms with Crippen LogP contribution in [0.3, 0.4) is 0 Å². The van der Waals surface area contributed by atoms with E-state index in [1.165, 1.54) is 12.4 Å². The van der Waals surface area contributed by atoms with Gasteiger partial charge in [-0.3, -0.25) is 19.8 Å². The predicted octanol–water partition coefficient (Wildman–Crippen LogP) is 3.84. The third-order valence-electron chi connectivity index (χ3n) is 6.89. The highest BCUT2D eigenvalue weighted by atomic mass is 16.2. The van der Waals surface area contributed by atoms with E-state index in [4.69, 9.17) is 4.98 Å². The van der Waals surface area contributed by atoms with Crippen LogP contribution in [0, 0.1) is 6.92 Å². The molecule has 1 aliphatic heterocycles. The molecule has 0 radical (unpaired) electrons. The molecule has 0 bridgehead atoms. The molecule has 190 valence electrons. The number of fused-ring (bicyclic) bond motifs is 1. The monoisotopic (exact) mass is 489 g/mol. The quantitative estimate of drug-likeness (QED) is 0.483. The number of benzene rings is 1. The molecule has 1 fully saturated rings. The Morgan fingerprint density at radius 3 is 2.69 bits per heavy atom. The Hall–Kier alpha value is -3.59. The zero-order valence-corrected chi connectivity index (χ0v) is 21.4. The lowest BCUT2D eigenvalue weighted by atomic mass is 10.1. The fourth-order valence-electron chi connectivity index (χ4n) is 4.89. The summed E-state index contributed by atoms with van der Waals surface area (Å²) in [6.07, 6.45) is 5.70. The number of para-hydroxylation sites is 1. The Kier molecular flexibility index (Phi) is 8.10. The lowest BCUT2D eigenvalue weighted by Crippen LogP contribution is -2.39. The van der Waals surface area contributed by atoms with Crippen molar-refractivity contribution in [2.24, 2.45) is 0 Å². The number of aryl methyl sites for hydroxylation is 1. The van der Waals surface area contributed by atoms with E-state index in [-0.39, 0.29) is 17.9 Å². The molecule has 9 nitrogen and oxygen atoms in total. The van der Waals surface area contributed by atoms with Gasteiger partial charge in [0.2, 0.25) is 5.95 Å². The first kappa shape index (κ1) is 25.5. The SMILES string of the molecule is C=C(CN(CC)CC)C(=O)N1CCCCC(n2c(NC(=O)c3ccnnc3)nc3cccc(C)c32)C1. The number of likely N-dealkylation sites (tertiary alicyclic amines) is 1.